The summed E-state index contributed by atoms with van der Waals surface area (Å²) in [5.41, 5.74) is 0. The molecule has 2 rings (SSSR count). The molecule has 134 valence electrons. The summed E-state index contributed by atoms with van der Waals surface area (Å²) in [6, 6.07) is 0. The first-order valence-corrected chi connectivity index (χ1v) is 9.39. The number of aromatic nitrogens is 3. The van der Waals surface area contributed by atoms with Crippen LogP contribution in [0.2, 0.25) is 0 Å². The molecule has 0 aliphatic carbocycles. The van der Waals surface area contributed by atoms with Crippen LogP contribution in [0.25, 0.3) is 0 Å². The van der Waals surface area contributed by atoms with Crippen molar-refractivity contribution >= 4 is 23.6 Å². The quantitative estimate of drug-likeness (QED) is 0.729. The smallest absolute Gasteiger partial charge is 0.235 e. The minimum absolute atomic E-state index is 0.0508. The lowest BCUT2D eigenvalue weighted by Gasteiger charge is -2.20. The third kappa shape index (κ3) is 4.49. The molecule has 0 saturated carbocycles. The molecule has 7 nitrogen and oxygen atoms in total. The summed E-state index contributed by atoms with van der Waals surface area (Å²) >= 11 is 1.41. The van der Waals surface area contributed by atoms with E-state index in [4.69, 9.17) is 0 Å². The van der Waals surface area contributed by atoms with Gasteiger partial charge in [-0.05, 0) is 26.7 Å². The Morgan fingerprint density at radius 2 is 2.04 bits per heavy atom. The molecular weight excluding hydrogens is 326 g/mol. The van der Waals surface area contributed by atoms with Crippen LogP contribution in [0.15, 0.2) is 5.16 Å². The van der Waals surface area contributed by atoms with E-state index < -0.39 is 0 Å². The Morgan fingerprint density at radius 1 is 1.29 bits per heavy atom. The molecular formula is C16H27N5O2S. The highest BCUT2D eigenvalue weighted by molar-refractivity contribution is 8.00. The van der Waals surface area contributed by atoms with Crippen LogP contribution in [0.3, 0.4) is 0 Å². The molecule has 0 spiro atoms. The number of amides is 2. The first kappa shape index (κ1) is 18.8. The van der Waals surface area contributed by atoms with Crippen LogP contribution < -0.4 is 0 Å². The number of hydrogen-bond acceptors (Lipinski definition) is 5. The van der Waals surface area contributed by atoms with E-state index in [1.165, 1.54) is 11.8 Å². The second kappa shape index (κ2) is 8.50. The lowest BCUT2D eigenvalue weighted by Crippen LogP contribution is -2.31. The van der Waals surface area contributed by atoms with Gasteiger partial charge in [-0.3, -0.25) is 9.59 Å². The van der Waals surface area contributed by atoms with E-state index in [0.717, 1.165) is 43.3 Å². The second-order valence-corrected chi connectivity index (χ2v) is 7.57. The van der Waals surface area contributed by atoms with Crippen LogP contribution in [0, 0.1) is 0 Å². The Bertz CT molecular complexity index is 587. The number of thioether (sulfide) groups is 1. The van der Waals surface area contributed by atoms with Gasteiger partial charge in [0.1, 0.15) is 0 Å². The van der Waals surface area contributed by atoms with Gasteiger partial charge in [0.25, 0.3) is 0 Å². The molecule has 8 heteroatoms. The van der Waals surface area contributed by atoms with Crippen molar-refractivity contribution in [3.05, 3.63) is 5.82 Å². The predicted molar refractivity (Wildman–Crippen MR) is 93.6 cm³/mol. The zero-order valence-corrected chi connectivity index (χ0v) is 15.8. The van der Waals surface area contributed by atoms with Gasteiger partial charge >= 0.3 is 0 Å². The van der Waals surface area contributed by atoms with Gasteiger partial charge in [-0.1, -0.05) is 18.2 Å². The highest BCUT2D eigenvalue weighted by Gasteiger charge is 2.23. The molecule has 0 bridgehead atoms. The van der Waals surface area contributed by atoms with Gasteiger partial charge in [0, 0.05) is 33.6 Å². The molecule has 2 amide bonds. The van der Waals surface area contributed by atoms with E-state index in [9.17, 15) is 9.59 Å². The molecule has 1 saturated heterocycles. The SMILES string of the molecule is CCn1c(CN2CCCCCC2=O)nnc1S[C@H](C)C(=O)N(C)C. The third-order valence-corrected chi connectivity index (χ3v) is 5.25. The molecule has 1 atom stereocenters. The van der Waals surface area contributed by atoms with Crippen LogP contribution in [-0.2, 0) is 22.7 Å². The Labute approximate surface area is 147 Å². The molecule has 2 heterocycles. The van der Waals surface area contributed by atoms with Gasteiger partial charge in [0.05, 0.1) is 11.8 Å². The van der Waals surface area contributed by atoms with Crippen LogP contribution in [0.4, 0.5) is 0 Å². The minimum Gasteiger partial charge on any atom is -0.348 e. The van der Waals surface area contributed by atoms with Gasteiger partial charge in [-0.2, -0.15) is 0 Å². The van der Waals surface area contributed by atoms with Gasteiger partial charge in [0.2, 0.25) is 11.8 Å². The fourth-order valence-electron chi connectivity index (χ4n) is 2.79. The van der Waals surface area contributed by atoms with Crippen molar-refractivity contribution in [3.63, 3.8) is 0 Å². The molecule has 0 radical (unpaired) electrons. The van der Waals surface area contributed by atoms with E-state index >= 15 is 0 Å². The number of carbonyl (C=O) groups is 2. The van der Waals surface area contributed by atoms with Crippen molar-refractivity contribution in [2.45, 2.75) is 63.0 Å². The van der Waals surface area contributed by atoms with Crippen LogP contribution >= 0.6 is 11.8 Å². The predicted octanol–water partition coefficient (Wildman–Crippen LogP) is 1.77. The summed E-state index contributed by atoms with van der Waals surface area (Å²) in [6.45, 7) is 5.90. The van der Waals surface area contributed by atoms with Crippen molar-refractivity contribution in [2.24, 2.45) is 0 Å². The van der Waals surface area contributed by atoms with Gasteiger partial charge < -0.3 is 14.4 Å². The average Bonchev–Trinajstić information content (AvgIpc) is 2.81. The van der Waals surface area contributed by atoms with Crippen LogP contribution in [0.1, 0.15) is 45.4 Å². The number of carbonyl (C=O) groups excluding carboxylic acids is 2. The van der Waals surface area contributed by atoms with E-state index in [1.807, 2.05) is 23.3 Å². The van der Waals surface area contributed by atoms with Crippen molar-refractivity contribution in [1.29, 1.82) is 0 Å². The van der Waals surface area contributed by atoms with Gasteiger partial charge in [-0.25, -0.2) is 0 Å². The molecule has 1 aliphatic heterocycles. The monoisotopic (exact) mass is 353 g/mol. The van der Waals surface area contributed by atoms with E-state index in [1.54, 1.807) is 19.0 Å². The Morgan fingerprint density at radius 3 is 2.71 bits per heavy atom. The van der Waals surface area contributed by atoms with Gasteiger partial charge in [-0.15, -0.1) is 10.2 Å². The summed E-state index contributed by atoms with van der Waals surface area (Å²) in [5, 5.41) is 9.04. The maximum Gasteiger partial charge on any atom is 0.235 e. The van der Waals surface area contributed by atoms with Crippen LogP contribution in [-0.4, -0.2) is 62.3 Å². The van der Waals surface area contributed by atoms with E-state index in [2.05, 4.69) is 10.2 Å². The highest BCUT2D eigenvalue weighted by atomic mass is 32.2. The normalized spacial score (nSPS) is 16.8. The highest BCUT2D eigenvalue weighted by Crippen LogP contribution is 2.24. The number of likely N-dealkylation sites (tertiary alicyclic amines) is 1. The largest absolute Gasteiger partial charge is 0.348 e. The lowest BCUT2D eigenvalue weighted by molar-refractivity contribution is -0.131. The standard InChI is InChI=1S/C16H27N5O2S/c1-5-21-13(11-20-10-8-6-7-9-14(20)22)17-18-16(21)24-12(2)15(23)19(3)4/h12H,5-11H2,1-4H3/t12-/m1/s1. The number of hydrogen-bond donors (Lipinski definition) is 0. The van der Waals surface area contributed by atoms with E-state index in [-0.39, 0.29) is 17.1 Å². The molecule has 1 aromatic heterocycles. The van der Waals surface area contributed by atoms with Crippen molar-refractivity contribution in [2.75, 3.05) is 20.6 Å². The summed E-state index contributed by atoms with van der Waals surface area (Å²) in [6.07, 6.45) is 3.74. The van der Waals surface area contributed by atoms with E-state index in [0.29, 0.717) is 13.0 Å². The molecule has 0 N–H and O–H groups in total. The Hall–Kier alpha value is -1.57. The topological polar surface area (TPSA) is 71.3 Å². The molecule has 24 heavy (non-hydrogen) atoms. The average molecular weight is 353 g/mol. The number of rotatable bonds is 6. The summed E-state index contributed by atoms with van der Waals surface area (Å²) < 4.78 is 2.00. The van der Waals surface area contributed by atoms with Gasteiger partial charge in [0.15, 0.2) is 11.0 Å². The molecule has 1 fully saturated rings. The first-order valence-electron chi connectivity index (χ1n) is 8.51. The molecule has 0 unspecified atom stereocenters. The Balaban J connectivity index is 2.11. The summed E-state index contributed by atoms with van der Waals surface area (Å²) in [4.78, 5) is 27.7. The second-order valence-electron chi connectivity index (χ2n) is 6.26. The maximum absolute atomic E-state index is 12.2. The zero-order chi connectivity index (χ0) is 17.7. The fourth-order valence-corrected chi connectivity index (χ4v) is 3.87. The van der Waals surface area contributed by atoms with Crippen molar-refractivity contribution in [3.8, 4) is 0 Å². The lowest BCUT2D eigenvalue weighted by atomic mass is 10.2. The number of nitrogens with zero attached hydrogens (tertiary/aromatic N) is 5. The summed E-state index contributed by atoms with van der Waals surface area (Å²) in [5.74, 6) is 1.04. The Kier molecular flexibility index (Phi) is 6.65. The van der Waals surface area contributed by atoms with Crippen LogP contribution in [0.5, 0.6) is 0 Å². The zero-order valence-electron chi connectivity index (χ0n) is 15.0. The molecule has 1 aliphatic rings. The molecule has 1 aromatic rings. The fraction of sp³-hybridized carbons (Fsp3) is 0.750. The van der Waals surface area contributed by atoms with Crippen molar-refractivity contribution < 1.29 is 9.59 Å². The first-order chi connectivity index (χ1) is 11.4. The van der Waals surface area contributed by atoms with Crippen molar-refractivity contribution in [1.82, 2.24) is 24.6 Å². The molecule has 0 aromatic carbocycles. The summed E-state index contributed by atoms with van der Waals surface area (Å²) in [7, 11) is 3.50. The minimum atomic E-state index is -0.220. The third-order valence-electron chi connectivity index (χ3n) is 4.18. The maximum atomic E-state index is 12.2.